The second-order valence-electron chi connectivity index (χ2n) is 4.28. The molecular weight excluding hydrogens is 308 g/mol. The van der Waals surface area contributed by atoms with Gasteiger partial charge in [0.2, 0.25) is 0 Å². The van der Waals surface area contributed by atoms with Gasteiger partial charge in [-0.15, -0.1) is 0 Å². The maximum absolute atomic E-state index is 10.5. The van der Waals surface area contributed by atoms with Crippen LogP contribution in [0.5, 0.6) is 5.75 Å². The summed E-state index contributed by atoms with van der Waals surface area (Å²) in [5, 5.41) is 14.7. The van der Waals surface area contributed by atoms with Crippen molar-refractivity contribution in [2.24, 2.45) is 0 Å². The van der Waals surface area contributed by atoms with Crippen molar-refractivity contribution < 1.29 is 9.84 Å². The Labute approximate surface area is 121 Å². The summed E-state index contributed by atoms with van der Waals surface area (Å²) in [4.78, 5) is 0. The van der Waals surface area contributed by atoms with E-state index in [4.69, 9.17) is 4.74 Å². The number of nitrogens with zero attached hydrogens (tertiary/aromatic N) is 2. The number of benzene rings is 1. The first-order valence-electron chi connectivity index (χ1n) is 6.20. The van der Waals surface area contributed by atoms with Crippen LogP contribution in [0.2, 0.25) is 0 Å². The van der Waals surface area contributed by atoms with Gasteiger partial charge in [0, 0.05) is 12.7 Å². The molecule has 1 N–H and O–H groups in total. The molecule has 1 aromatic heterocycles. The lowest BCUT2D eigenvalue weighted by molar-refractivity contribution is 0.207. The van der Waals surface area contributed by atoms with Crippen LogP contribution in [-0.2, 0) is 6.54 Å². The minimum absolute atomic E-state index is 0.684. The van der Waals surface area contributed by atoms with Gasteiger partial charge in [0.25, 0.3) is 0 Å². The van der Waals surface area contributed by atoms with Gasteiger partial charge >= 0.3 is 0 Å². The first kappa shape index (κ1) is 14.1. The summed E-state index contributed by atoms with van der Waals surface area (Å²) >= 11 is 3.43. The molecule has 0 fully saturated rings. The quantitative estimate of drug-likeness (QED) is 0.919. The standard InChI is InChI=1S/C14H17BrN2O2/c1-3-8-17-12(6-7-16-17)14(18)10-4-5-13(19-2)11(15)9-10/h4-7,9,14,18H,3,8H2,1-2H3. The predicted octanol–water partition coefficient (Wildman–Crippen LogP) is 3.15. The topological polar surface area (TPSA) is 47.3 Å². The normalized spacial score (nSPS) is 12.4. The van der Waals surface area contributed by atoms with Crippen molar-refractivity contribution in [1.82, 2.24) is 9.78 Å². The Kier molecular flexibility index (Phi) is 4.61. The van der Waals surface area contributed by atoms with Gasteiger partial charge < -0.3 is 9.84 Å². The molecule has 1 aromatic carbocycles. The number of aliphatic hydroxyl groups is 1. The Hall–Kier alpha value is -1.33. The third-order valence-electron chi connectivity index (χ3n) is 2.96. The molecule has 19 heavy (non-hydrogen) atoms. The molecule has 102 valence electrons. The van der Waals surface area contributed by atoms with E-state index in [9.17, 15) is 5.11 Å². The number of rotatable bonds is 5. The Balaban J connectivity index is 2.30. The number of ether oxygens (including phenoxy) is 1. The minimum atomic E-state index is -0.684. The number of hydrogen-bond donors (Lipinski definition) is 1. The van der Waals surface area contributed by atoms with E-state index in [1.807, 2.05) is 28.9 Å². The van der Waals surface area contributed by atoms with Crippen LogP contribution in [0.15, 0.2) is 34.9 Å². The number of aliphatic hydroxyl groups excluding tert-OH is 1. The number of halogens is 1. The highest BCUT2D eigenvalue weighted by Crippen LogP contribution is 2.30. The van der Waals surface area contributed by atoms with Gasteiger partial charge in [0.05, 0.1) is 17.3 Å². The van der Waals surface area contributed by atoms with Crippen LogP contribution in [0.3, 0.4) is 0 Å². The van der Waals surface area contributed by atoms with Crippen LogP contribution in [0.1, 0.15) is 30.7 Å². The summed E-state index contributed by atoms with van der Waals surface area (Å²) in [7, 11) is 1.62. The monoisotopic (exact) mass is 324 g/mol. The molecule has 0 spiro atoms. The van der Waals surface area contributed by atoms with E-state index < -0.39 is 6.10 Å². The van der Waals surface area contributed by atoms with Crippen molar-refractivity contribution in [2.45, 2.75) is 26.0 Å². The van der Waals surface area contributed by atoms with Gasteiger partial charge in [0.1, 0.15) is 11.9 Å². The van der Waals surface area contributed by atoms with Gasteiger partial charge in [-0.3, -0.25) is 4.68 Å². The molecule has 2 aromatic rings. The Morgan fingerprint density at radius 1 is 1.42 bits per heavy atom. The number of aromatic nitrogens is 2. The lowest BCUT2D eigenvalue weighted by atomic mass is 10.1. The van der Waals surface area contributed by atoms with Crippen molar-refractivity contribution in [3.05, 3.63) is 46.2 Å². The Morgan fingerprint density at radius 3 is 2.84 bits per heavy atom. The fraction of sp³-hybridized carbons (Fsp3) is 0.357. The van der Waals surface area contributed by atoms with E-state index in [0.29, 0.717) is 0 Å². The van der Waals surface area contributed by atoms with E-state index in [0.717, 1.165) is 34.4 Å². The molecule has 4 nitrogen and oxygen atoms in total. The smallest absolute Gasteiger partial charge is 0.133 e. The predicted molar refractivity (Wildman–Crippen MR) is 77.3 cm³/mol. The molecule has 0 aliphatic rings. The van der Waals surface area contributed by atoms with Crippen LogP contribution in [-0.4, -0.2) is 22.0 Å². The van der Waals surface area contributed by atoms with Gasteiger partial charge in [-0.05, 0) is 46.1 Å². The third kappa shape index (κ3) is 2.98. The lowest BCUT2D eigenvalue weighted by Gasteiger charge is -2.14. The second kappa shape index (κ2) is 6.21. The van der Waals surface area contributed by atoms with Gasteiger partial charge in [-0.2, -0.15) is 5.10 Å². The molecule has 0 aliphatic heterocycles. The molecule has 0 amide bonds. The highest BCUT2D eigenvalue weighted by molar-refractivity contribution is 9.10. The summed E-state index contributed by atoms with van der Waals surface area (Å²) < 4.78 is 7.85. The molecule has 1 unspecified atom stereocenters. The van der Waals surface area contributed by atoms with Crippen molar-refractivity contribution in [2.75, 3.05) is 7.11 Å². The molecule has 1 atom stereocenters. The van der Waals surface area contributed by atoms with Crippen LogP contribution >= 0.6 is 15.9 Å². The van der Waals surface area contributed by atoms with Crippen LogP contribution in [0.4, 0.5) is 0 Å². The van der Waals surface area contributed by atoms with Gasteiger partial charge in [-0.1, -0.05) is 13.0 Å². The first-order valence-corrected chi connectivity index (χ1v) is 7.00. The van der Waals surface area contributed by atoms with E-state index >= 15 is 0 Å². The van der Waals surface area contributed by atoms with Crippen molar-refractivity contribution in [1.29, 1.82) is 0 Å². The number of aryl methyl sites for hydroxylation is 1. The highest BCUT2D eigenvalue weighted by atomic mass is 79.9. The maximum atomic E-state index is 10.5. The lowest BCUT2D eigenvalue weighted by Crippen LogP contribution is -2.10. The number of methoxy groups -OCH3 is 1. The van der Waals surface area contributed by atoms with Crippen molar-refractivity contribution in [3.63, 3.8) is 0 Å². The van der Waals surface area contributed by atoms with Crippen LogP contribution < -0.4 is 4.74 Å². The fourth-order valence-corrected chi connectivity index (χ4v) is 2.56. The van der Waals surface area contributed by atoms with E-state index in [2.05, 4.69) is 28.0 Å². The Bertz CT molecular complexity index is 554. The fourth-order valence-electron chi connectivity index (χ4n) is 2.00. The Morgan fingerprint density at radius 2 is 2.21 bits per heavy atom. The summed E-state index contributed by atoms with van der Waals surface area (Å²) in [5.41, 5.74) is 1.62. The summed E-state index contributed by atoms with van der Waals surface area (Å²) in [6.07, 6.45) is 2.01. The third-order valence-corrected chi connectivity index (χ3v) is 3.58. The SMILES string of the molecule is CCCn1nccc1C(O)c1ccc(OC)c(Br)c1. The second-order valence-corrected chi connectivity index (χ2v) is 5.13. The highest BCUT2D eigenvalue weighted by Gasteiger charge is 2.16. The van der Waals surface area contributed by atoms with Crippen LogP contribution in [0.25, 0.3) is 0 Å². The molecular formula is C14H17BrN2O2. The van der Waals surface area contributed by atoms with Gasteiger partial charge in [0.15, 0.2) is 0 Å². The summed E-state index contributed by atoms with van der Waals surface area (Å²) in [6, 6.07) is 7.41. The summed E-state index contributed by atoms with van der Waals surface area (Å²) in [5.74, 6) is 0.748. The van der Waals surface area contributed by atoms with Crippen molar-refractivity contribution in [3.8, 4) is 5.75 Å². The minimum Gasteiger partial charge on any atom is -0.496 e. The molecule has 0 radical (unpaired) electrons. The molecule has 0 saturated carbocycles. The van der Waals surface area contributed by atoms with Crippen LogP contribution in [0, 0.1) is 0 Å². The molecule has 5 heteroatoms. The zero-order chi connectivity index (χ0) is 13.8. The average molecular weight is 325 g/mol. The summed E-state index contributed by atoms with van der Waals surface area (Å²) in [6.45, 7) is 2.89. The van der Waals surface area contributed by atoms with E-state index in [1.54, 1.807) is 13.3 Å². The van der Waals surface area contributed by atoms with Crippen molar-refractivity contribution >= 4 is 15.9 Å². The molecule has 0 aliphatic carbocycles. The molecule has 0 bridgehead atoms. The largest absolute Gasteiger partial charge is 0.496 e. The number of hydrogen-bond acceptors (Lipinski definition) is 3. The van der Waals surface area contributed by atoms with E-state index in [1.165, 1.54) is 0 Å². The average Bonchev–Trinajstić information content (AvgIpc) is 2.86. The first-order chi connectivity index (χ1) is 9.17. The molecule has 0 saturated heterocycles. The molecule has 2 rings (SSSR count). The van der Waals surface area contributed by atoms with E-state index in [-0.39, 0.29) is 0 Å². The van der Waals surface area contributed by atoms with Gasteiger partial charge in [-0.25, -0.2) is 0 Å². The molecule has 1 heterocycles. The zero-order valence-electron chi connectivity index (χ0n) is 11.0. The zero-order valence-corrected chi connectivity index (χ0v) is 12.6. The maximum Gasteiger partial charge on any atom is 0.133 e.